The van der Waals surface area contributed by atoms with E-state index in [1.165, 1.54) is 18.9 Å². The van der Waals surface area contributed by atoms with E-state index in [9.17, 15) is 4.39 Å². The monoisotopic (exact) mass is 261 g/mol. The lowest BCUT2D eigenvalue weighted by molar-refractivity contribution is 0.339. The summed E-state index contributed by atoms with van der Waals surface area (Å²) in [6.45, 7) is 2.97. The molecule has 0 bridgehead atoms. The minimum Gasteiger partial charge on any atom is -0.302 e. The Bertz CT molecular complexity index is 364. The van der Waals surface area contributed by atoms with Crippen LogP contribution in [0.2, 0.25) is 5.02 Å². The standard InChI is InChI=1S/C12H14Cl2FN/c13-10-4-3-9(7-12(10)15)11(14)8-16-5-1-2-6-16/h3-4,7,11H,1-2,5-6,8H2. The molecule has 88 valence electrons. The molecule has 1 aromatic carbocycles. The summed E-state index contributed by atoms with van der Waals surface area (Å²) >= 11 is 11.9. The molecule has 4 heteroatoms. The summed E-state index contributed by atoms with van der Waals surface area (Å²) in [4.78, 5) is 2.31. The summed E-state index contributed by atoms with van der Waals surface area (Å²) in [6.07, 6.45) is 2.47. The predicted molar refractivity (Wildman–Crippen MR) is 65.7 cm³/mol. The van der Waals surface area contributed by atoms with E-state index in [1.54, 1.807) is 12.1 Å². The normalized spacial score (nSPS) is 18.9. The van der Waals surface area contributed by atoms with Crippen LogP contribution in [0.25, 0.3) is 0 Å². The lowest BCUT2D eigenvalue weighted by Gasteiger charge is -2.19. The topological polar surface area (TPSA) is 3.24 Å². The van der Waals surface area contributed by atoms with Crippen LogP contribution in [0.5, 0.6) is 0 Å². The minimum absolute atomic E-state index is 0.147. The Kier molecular flexibility index (Phi) is 4.06. The summed E-state index contributed by atoms with van der Waals surface area (Å²) in [5.74, 6) is -0.397. The van der Waals surface area contributed by atoms with Crippen LogP contribution in [0.15, 0.2) is 18.2 Å². The highest BCUT2D eigenvalue weighted by molar-refractivity contribution is 6.30. The van der Waals surface area contributed by atoms with Gasteiger partial charge in [-0.25, -0.2) is 4.39 Å². The van der Waals surface area contributed by atoms with Crippen LogP contribution in [0.3, 0.4) is 0 Å². The van der Waals surface area contributed by atoms with Crippen molar-refractivity contribution in [3.63, 3.8) is 0 Å². The van der Waals surface area contributed by atoms with Gasteiger partial charge >= 0.3 is 0 Å². The highest BCUT2D eigenvalue weighted by Crippen LogP contribution is 2.26. The molecule has 1 aliphatic rings. The summed E-state index contributed by atoms with van der Waals surface area (Å²) in [5.41, 5.74) is 0.801. The number of nitrogens with zero attached hydrogens (tertiary/aromatic N) is 1. The second-order valence-corrected chi connectivity index (χ2v) is 5.08. The number of hydrogen-bond donors (Lipinski definition) is 0. The number of halogens is 3. The number of rotatable bonds is 3. The largest absolute Gasteiger partial charge is 0.302 e. The van der Waals surface area contributed by atoms with Crippen molar-refractivity contribution in [3.05, 3.63) is 34.6 Å². The van der Waals surface area contributed by atoms with Gasteiger partial charge in [-0.05, 0) is 43.6 Å². The van der Waals surface area contributed by atoms with Crippen molar-refractivity contribution in [2.75, 3.05) is 19.6 Å². The molecule has 0 aromatic heterocycles. The van der Waals surface area contributed by atoms with Gasteiger partial charge in [0.2, 0.25) is 0 Å². The van der Waals surface area contributed by atoms with E-state index in [1.807, 2.05) is 0 Å². The molecule has 2 rings (SSSR count). The molecule has 0 aliphatic carbocycles. The fourth-order valence-electron chi connectivity index (χ4n) is 2.00. The van der Waals surface area contributed by atoms with Crippen LogP contribution in [-0.2, 0) is 0 Å². The highest BCUT2D eigenvalue weighted by atomic mass is 35.5. The molecule has 16 heavy (non-hydrogen) atoms. The van der Waals surface area contributed by atoms with Crippen molar-refractivity contribution in [2.24, 2.45) is 0 Å². The molecule has 0 radical (unpaired) electrons. The molecule has 0 saturated carbocycles. The Labute approximate surface area is 105 Å². The van der Waals surface area contributed by atoms with Gasteiger partial charge in [-0.2, -0.15) is 0 Å². The molecule has 0 amide bonds. The van der Waals surface area contributed by atoms with Crippen molar-refractivity contribution in [1.29, 1.82) is 0 Å². The number of benzene rings is 1. The summed E-state index contributed by atoms with van der Waals surface area (Å²) in [7, 11) is 0. The first kappa shape index (κ1) is 12.2. The Morgan fingerprint density at radius 1 is 1.31 bits per heavy atom. The fraction of sp³-hybridized carbons (Fsp3) is 0.500. The zero-order valence-electron chi connectivity index (χ0n) is 8.93. The summed E-state index contributed by atoms with van der Waals surface area (Å²) < 4.78 is 13.2. The zero-order chi connectivity index (χ0) is 11.5. The van der Waals surface area contributed by atoms with Gasteiger partial charge in [-0.15, -0.1) is 11.6 Å². The molecular formula is C12H14Cl2FN. The van der Waals surface area contributed by atoms with Crippen molar-refractivity contribution in [1.82, 2.24) is 4.90 Å². The van der Waals surface area contributed by atoms with Gasteiger partial charge in [-0.3, -0.25) is 0 Å². The maximum Gasteiger partial charge on any atom is 0.142 e. The second-order valence-electron chi connectivity index (χ2n) is 4.15. The van der Waals surface area contributed by atoms with E-state index >= 15 is 0 Å². The van der Waals surface area contributed by atoms with Crippen LogP contribution in [-0.4, -0.2) is 24.5 Å². The average molecular weight is 262 g/mol. The Morgan fingerprint density at radius 2 is 2.00 bits per heavy atom. The molecule has 1 unspecified atom stereocenters. The van der Waals surface area contributed by atoms with Crippen LogP contribution in [0, 0.1) is 5.82 Å². The van der Waals surface area contributed by atoms with Gasteiger partial charge in [0, 0.05) is 6.54 Å². The molecule has 1 fully saturated rings. The van der Waals surface area contributed by atoms with E-state index in [-0.39, 0.29) is 10.4 Å². The third-order valence-corrected chi connectivity index (χ3v) is 3.62. The van der Waals surface area contributed by atoms with Gasteiger partial charge in [0.1, 0.15) is 5.82 Å². The number of hydrogen-bond acceptors (Lipinski definition) is 1. The van der Waals surface area contributed by atoms with Crippen molar-refractivity contribution < 1.29 is 4.39 Å². The molecule has 1 saturated heterocycles. The van der Waals surface area contributed by atoms with E-state index in [2.05, 4.69) is 4.90 Å². The van der Waals surface area contributed by atoms with E-state index in [0.717, 1.165) is 25.2 Å². The zero-order valence-corrected chi connectivity index (χ0v) is 10.4. The van der Waals surface area contributed by atoms with Gasteiger partial charge < -0.3 is 4.90 Å². The first-order chi connectivity index (χ1) is 7.66. The third kappa shape index (κ3) is 2.88. The number of likely N-dealkylation sites (tertiary alicyclic amines) is 1. The molecule has 1 aliphatic heterocycles. The van der Waals surface area contributed by atoms with Crippen molar-refractivity contribution in [2.45, 2.75) is 18.2 Å². The lowest BCUT2D eigenvalue weighted by atomic mass is 10.1. The first-order valence-electron chi connectivity index (χ1n) is 5.48. The first-order valence-corrected chi connectivity index (χ1v) is 6.29. The van der Waals surface area contributed by atoms with E-state index in [0.29, 0.717) is 0 Å². The molecule has 1 aromatic rings. The maximum absolute atomic E-state index is 13.2. The summed E-state index contributed by atoms with van der Waals surface area (Å²) in [5, 5.41) is -0.0151. The average Bonchev–Trinajstić information content (AvgIpc) is 2.74. The van der Waals surface area contributed by atoms with Crippen molar-refractivity contribution >= 4 is 23.2 Å². The van der Waals surface area contributed by atoms with E-state index < -0.39 is 5.82 Å². The van der Waals surface area contributed by atoms with Gasteiger partial charge in [0.15, 0.2) is 0 Å². The SMILES string of the molecule is Fc1cc(C(Cl)CN2CCCC2)ccc1Cl. The van der Waals surface area contributed by atoms with Crippen LogP contribution >= 0.6 is 23.2 Å². The van der Waals surface area contributed by atoms with Crippen LogP contribution < -0.4 is 0 Å². The van der Waals surface area contributed by atoms with Crippen LogP contribution in [0.1, 0.15) is 23.8 Å². The molecule has 1 heterocycles. The Morgan fingerprint density at radius 3 is 2.62 bits per heavy atom. The van der Waals surface area contributed by atoms with E-state index in [4.69, 9.17) is 23.2 Å². The van der Waals surface area contributed by atoms with Gasteiger partial charge in [0.25, 0.3) is 0 Å². The molecule has 1 nitrogen and oxygen atoms in total. The fourth-order valence-corrected chi connectivity index (χ4v) is 2.45. The molecular weight excluding hydrogens is 248 g/mol. The predicted octanol–water partition coefficient (Wildman–Crippen LogP) is 3.85. The van der Waals surface area contributed by atoms with Crippen molar-refractivity contribution in [3.8, 4) is 0 Å². The summed E-state index contributed by atoms with van der Waals surface area (Å²) in [6, 6.07) is 4.78. The molecule has 1 atom stereocenters. The minimum atomic E-state index is -0.397. The molecule has 0 spiro atoms. The molecule has 0 N–H and O–H groups in total. The van der Waals surface area contributed by atoms with Crippen LogP contribution in [0.4, 0.5) is 4.39 Å². The maximum atomic E-state index is 13.2. The Balaban J connectivity index is 2.02. The second kappa shape index (κ2) is 5.35. The third-order valence-electron chi connectivity index (χ3n) is 2.92. The lowest BCUT2D eigenvalue weighted by Crippen LogP contribution is -2.23. The van der Waals surface area contributed by atoms with Gasteiger partial charge in [0.05, 0.1) is 10.4 Å². The van der Waals surface area contributed by atoms with Gasteiger partial charge in [-0.1, -0.05) is 17.7 Å². The smallest absolute Gasteiger partial charge is 0.142 e. The quantitative estimate of drug-likeness (QED) is 0.748. The Hall–Kier alpha value is -0.310. The number of alkyl halides is 1. The highest BCUT2D eigenvalue weighted by Gasteiger charge is 2.17.